The van der Waals surface area contributed by atoms with Crippen molar-refractivity contribution in [1.29, 1.82) is 0 Å². The second kappa shape index (κ2) is 10.0. The van der Waals surface area contributed by atoms with Crippen LogP contribution in [0.1, 0.15) is 28.7 Å². The molecule has 0 aromatic heterocycles. The minimum absolute atomic E-state index is 0.465. The third kappa shape index (κ3) is 5.11. The third-order valence-electron chi connectivity index (χ3n) is 4.54. The fourth-order valence-corrected chi connectivity index (χ4v) is 3.08. The van der Waals surface area contributed by atoms with Crippen LogP contribution in [-0.4, -0.2) is 25.0 Å². The van der Waals surface area contributed by atoms with Crippen LogP contribution in [0.3, 0.4) is 0 Å². The van der Waals surface area contributed by atoms with Crippen LogP contribution in [0.5, 0.6) is 0 Å². The molecule has 6 nitrogen and oxygen atoms in total. The van der Waals surface area contributed by atoms with Crippen LogP contribution < -0.4 is 10.6 Å². The van der Waals surface area contributed by atoms with E-state index in [1.807, 2.05) is 60.7 Å². The molecule has 3 aromatic rings. The zero-order chi connectivity index (χ0) is 21.3. The van der Waals surface area contributed by atoms with Gasteiger partial charge in [0.05, 0.1) is 0 Å². The molecule has 152 valence electrons. The van der Waals surface area contributed by atoms with Crippen molar-refractivity contribution in [3.8, 4) is 0 Å². The number of nitrogens with one attached hydrogen (secondary N) is 2. The largest absolute Gasteiger partial charge is 0.447 e. The van der Waals surface area contributed by atoms with Gasteiger partial charge in [-0.05, 0) is 11.1 Å². The lowest BCUT2D eigenvalue weighted by Crippen LogP contribution is -2.41. The molecule has 3 amide bonds. The van der Waals surface area contributed by atoms with Crippen molar-refractivity contribution in [3.63, 3.8) is 0 Å². The molecular weight excluding hydrogens is 380 g/mol. The zero-order valence-electron chi connectivity index (χ0n) is 16.4. The molecule has 0 aliphatic heterocycles. The summed E-state index contributed by atoms with van der Waals surface area (Å²) in [5.41, 5.74) is 1.95. The highest BCUT2D eigenvalue weighted by Crippen LogP contribution is 2.29. The molecule has 2 N–H and O–H groups in total. The van der Waals surface area contributed by atoms with Crippen molar-refractivity contribution in [2.75, 3.05) is 7.05 Å². The lowest BCUT2D eigenvalue weighted by atomic mass is 9.91. The minimum atomic E-state index is -1.27. The number of ether oxygens (including phenoxy) is 1. The molecule has 0 aliphatic rings. The molecule has 0 aliphatic carbocycles. The van der Waals surface area contributed by atoms with Crippen LogP contribution in [0.25, 0.3) is 0 Å². The quantitative estimate of drug-likeness (QED) is 0.618. The highest BCUT2D eigenvalue weighted by molar-refractivity contribution is 5.98. The van der Waals surface area contributed by atoms with Crippen LogP contribution in [-0.2, 0) is 14.3 Å². The molecule has 0 bridgehead atoms. The lowest BCUT2D eigenvalue weighted by molar-refractivity contribution is -0.156. The first kappa shape index (κ1) is 20.8. The smallest absolute Gasteiger partial charge is 0.321 e. The second-order valence-electron chi connectivity index (χ2n) is 6.55. The van der Waals surface area contributed by atoms with Crippen LogP contribution in [0.15, 0.2) is 91.0 Å². The molecular formula is C24H22N2O4. The molecule has 0 heterocycles. The number of esters is 1. The number of carbonyl (C=O) groups excluding carboxylic acids is 3. The van der Waals surface area contributed by atoms with Gasteiger partial charge in [0.25, 0.3) is 5.91 Å². The average Bonchev–Trinajstić information content (AvgIpc) is 2.79. The molecule has 3 aromatic carbocycles. The highest BCUT2D eigenvalue weighted by atomic mass is 16.5. The van der Waals surface area contributed by atoms with Gasteiger partial charge in [-0.1, -0.05) is 91.0 Å². The number of urea groups is 1. The summed E-state index contributed by atoms with van der Waals surface area (Å²) >= 11 is 0. The van der Waals surface area contributed by atoms with E-state index in [9.17, 15) is 14.4 Å². The maximum Gasteiger partial charge on any atom is 0.321 e. The molecule has 0 saturated carbocycles. The molecule has 3 rings (SSSR count). The van der Waals surface area contributed by atoms with Crippen LogP contribution in [0.4, 0.5) is 4.79 Å². The van der Waals surface area contributed by atoms with E-state index in [4.69, 9.17) is 4.74 Å². The molecule has 0 spiro atoms. The Hall–Kier alpha value is -3.93. The topological polar surface area (TPSA) is 84.5 Å². The Labute approximate surface area is 174 Å². The Morgan fingerprint density at radius 2 is 1.13 bits per heavy atom. The summed E-state index contributed by atoms with van der Waals surface area (Å²) in [6.45, 7) is 0. The number of hydrogen-bond donors (Lipinski definition) is 2. The Kier molecular flexibility index (Phi) is 6.95. The van der Waals surface area contributed by atoms with Crippen molar-refractivity contribution < 1.29 is 19.1 Å². The Morgan fingerprint density at radius 3 is 1.57 bits per heavy atom. The Bertz CT molecular complexity index is 952. The standard InChI is InChI=1S/C24H22N2O4/c1-25-24(29)26-22(27)21(19-15-9-4-10-16-19)30-23(28)20(17-11-5-2-6-12-17)18-13-7-3-8-14-18/h2-16,20-21H,1H3,(H2,25,26,27,29)/t21-/m1/s1. The van der Waals surface area contributed by atoms with E-state index in [0.29, 0.717) is 5.56 Å². The highest BCUT2D eigenvalue weighted by Gasteiger charge is 2.31. The Morgan fingerprint density at radius 1 is 0.700 bits per heavy atom. The van der Waals surface area contributed by atoms with Gasteiger partial charge in [0, 0.05) is 12.6 Å². The van der Waals surface area contributed by atoms with E-state index < -0.39 is 29.9 Å². The molecule has 0 fully saturated rings. The first-order valence-electron chi connectivity index (χ1n) is 9.48. The maximum atomic E-state index is 13.3. The Balaban J connectivity index is 1.94. The summed E-state index contributed by atoms with van der Waals surface area (Å²) in [4.78, 5) is 37.6. The van der Waals surface area contributed by atoms with Gasteiger partial charge in [0.15, 0.2) is 0 Å². The second-order valence-corrected chi connectivity index (χ2v) is 6.55. The lowest BCUT2D eigenvalue weighted by Gasteiger charge is -2.22. The molecule has 0 radical (unpaired) electrons. The summed E-state index contributed by atoms with van der Waals surface area (Å²) in [6.07, 6.45) is -1.27. The molecule has 0 saturated heterocycles. The van der Waals surface area contributed by atoms with Crippen LogP contribution in [0.2, 0.25) is 0 Å². The molecule has 6 heteroatoms. The number of rotatable bonds is 6. The van der Waals surface area contributed by atoms with Crippen molar-refractivity contribution in [3.05, 3.63) is 108 Å². The van der Waals surface area contributed by atoms with Gasteiger partial charge in [-0.3, -0.25) is 14.9 Å². The number of carbonyl (C=O) groups is 3. The van der Waals surface area contributed by atoms with Gasteiger partial charge < -0.3 is 10.1 Å². The molecule has 0 unspecified atom stereocenters. The van der Waals surface area contributed by atoms with Gasteiger partial charge in [-0.2, -0.15) is 0 Å². The normalized spacial score (nSPS) is 11.4. The van der Waals surface area contributed by atoms with Crippen molar-refractivity contribution in [2.45, 2.75) is 12.0 Å². The van der Waals surface area contributed by atoms with Gasteiger partial charge in [0.2, 0.25) is 6.10 Å². The van der Waals surface area contributed by atoms with Crippen LogP contribution in [0, 0.1) is 0 Å². The first-order chi connectivity index (χ1) is 14.6. The van der Waals surface area contributed by atoms with Gasteiger partial charge in [0.1, 0.15) is 5.92 Å². The van der Waals surface area contributed by atoms with Gasteiger partial charge >= 0.3 is 12.0 Å². The predicted octanol–water partition coefficient (Wildman–Crippen LogP) is 3.56. The average molecular weight is 402 g/mol. The van der Waals surface area contributed by atoms with Gasteiger partial charge in [-0.15, -0.1) is 0 Å². The predicted molar refractivity (Wildman–Crippen MR) is 113 cm³/mol. The van der Waals surface area contributed by atoms with E-state index in [0.717, 1.165) is 11.1 Å². The molecule has 1 atom stereocenters. The van der Waals surface area contributed by atoms with Crippen molar-refractivity contribution in [1.82, 2.24) is 10.6 Å². The van der Waals surface area contributed by atoms with E-state index in [2.05, 4.69) is 10.6 Å². The van der Waals surface area contributed by atoms with E-state index in [1.165, 1.54) is 7.05 Å². The van der Waals surface area contributed by atoms with E-state index >= 15 is 0 Å². The SMILES string of the molecule is CNC(=O)NC(=O)[C@H](OC(=O)C(c1ccccc1)c1ccccc1)c1ccccc1. The number of benzene rings is 3. The van der Waals surface area contributed by atoms with E-state index in [1.54, 1.807) is 30.3 Å². The maximum absolute atomic E-state index is 13.3. The first-order valence-corrected chi connectivity index (χ1v) is 9.48. The third-order valence-corrected chi connectivity index (χ3v) is 4.54. The molecule has 30 heavy (non-hydrogen) atoms. The van der Waals surface area contributed by atoms with Crippen molar-refractivity contribution in [2.24, 2.45) is 0 Å². The minimum Gasteiger partial charge on any atom is -0.447 e. The fraction of sp³-hybridized carbons (Fsp3) is 0.125. The summed E-state index contributed by atoms with van der Waals surface area (Å²) < 4.78 is 5.68. The van der Waals surface area contributed by atoms with E-state index in [-0.39, 0.29) is 0 Å². The summed E-state index contributed by atoms with van der Waals surface area (Å²) in [5.74, 6) is -2.03. The van der Waals surface area contributed by atoms with Crippen LogP contribution >= 0.6 is 0 Å². The summed E-state index contributed by atoms with van der Waals surface area (Å²) in [5, 5.41) is 4.50. The number of imide groups is 1. The van der Waals surface area contributed by atoms with Gasteiger partial charge in [-0.25, -0.2) is 4.79 Å². The fourth-order valence-electron chi connectivity index (χ4n) is 3.08. The summed E-state index contributed by atoms with van der Waals surface area (Å²) in [6, 6.07) is 26.3. The number of hydrogen-bond acceptors (Lipinski definition) is 4. The summed E-state index contributed by atoms with van der Waals surface area (Å²) in [7, 11) is 1.40. The zero-order valence-corrected chi connectivity index (χ0v) is 16.4. The number of amides is 3. The monoisotopic (exact) mass is 402 g/mol. The van der Waals surface area contributed by atoms with Crippen molar-refractivity contribution >= 4 is 17.9 Å².